The van der Waals surface area contributed by atoms with Gasteiger partial charge in [-0.25, -0.2) is 0 Å². The molecular formula is C22H29N3O2. The van der Waals surface area contributed by atoms with Crippen molar-refractivity contribution in [2.24, 2.45) is 0 Å². The van der Waals surface area contributed by atoms with Crippen molar-refractivity contribution in [3.8, 4) is 0 Å². The zero-order valence-electron chi connectivity index (χ0n) is 15.9. The molecule has 0 saturated carbocycles. The van der Waals surface area contributed by atoms with Crippen LogP contribution >= 0.6 is 0 Å². The summed E-state index contributed by atoms with van der Waals surface area (Å²) in [7, 11) is 0. The monoisotopic (exact) mass is 367 g/mol. The molecule has 27 heavy (non-hydrogen) atoms. The summed E-state index contributed by atoms with van der Waals surface area (Å²) in [4.78, 5) is 21.4. The maximum Gasteiger partial charge on any atom is 0.223 e. The summed E-state index contributed by atoms with van der Waals surface area (Å²) in [6.07, 6.45) is 5.90. The standard InChI is InChI=1S/C22H29N3O2/c26-22(8-7-20-5-2-1-3-6-20)25(19-21-9-11-23-12-10-21)14-4-13-24-15-17-27-18-16-24/h1-3,5-6,9-12H,4,7-8,13-19H2. The summed E-state index contributed by atoms with van der Waals surface area (Å²) >= 11 is 0. The van der Waals surface area contributed by atoms with Gasteiger partial charge in [-0.3, -0.25) is 14.7 Å². The van der Waals surface area contributed by atoms with Gasteiger partial charge in [-0.05, 0) is 36.1 Å². The molecule has 0 unspecified atom stereocenters. The van der Waals surface area contributed by atoms with E-state index in [1.165, 1.54) is 5.56 Å². The van der Waals surface area contributed by atoms with Gasteiger partial charge in [-0.1, -0.05) is 30.3 Å². The fraction of sp³-hybridized carbons (Fsp3) is 0.455. The van der Waals surface area contributed by atoms with Crippen molar-refractivity contribution in [3.63, 3.8) is 0 Å². The summed E-state index contributed by atoms with van der Waals surface area (Å²) in [6, 6.07) is 14.2. The molecule has 0 aliphatic carbocycles. The van der Waals surface area contributed by atoms with E-state index in [1.54, 1.807) is 12.4 Å². The molecule has 1 fully saturated rings. The SMILES string of the molecule is O=C(CCc1ccccc1)N(CCCN1CCOCC1)Cc1ccncc1. The number of ether oxygens (including phenoxy) is 1. The maximum atomic E-state index is 12.9. The van der Waals surface area contributed by atoms with Crippen LogP contribution in [-0.4, -0.2) is 60.1 Å². The molecule has 1 aliphatic heterocycles. The zero-order chi connectivity index (χ0) is 18.7. The highest BCUT2D eigenvalue weighted by Crippen LogP contribution is 2.10. The number of aryl methyl sites for hydroxylation is 1. The molecule has 3 rings (SSSR count). The number of carbonyl (C=O) groups excluding carboxylic acids is 1. The molecule has 0 atom stereocenters. The minimum Gasteiger partial charge on any atom is -0.379 e. The lowest BCUT2D eigenvalue weighted by molar-refractivity contribution is -0.132. The number of nitrogens with zero attached hydrogens (tertiary/aromatic N) is 3. The number of carbonyl (C=O) groups is 1. The van der Waals surface area contributed by atoms with Gasteiger partial charge in [0.2, 0.25) is 5.91 Å². The molecule has 1 aromatic heterocycles. The van der Waals surface area contributed by atoms with Crippen molar-refractivity contribution in [3.05, 3.63) is 66.0 Å². The first-order chi connectivity index (χ1) is 13.3. The molecular weight excluding hydrogens is 338 g/mol. The number of hydrogen-bond acceptors (Lipinski definition) is 4. The van der Waals surface area contributed by atoms with Gasteiger partial charge in [0.15, 0.2) is 0 Å². The lowest BCUT2D eigenvalue weighted by Gasteiger charge is -2.28. The van der Waals surface area contributed by atoms with Crippen molar-refractivity contribution in [1.29, 1.82) is 0 Å². The number of rotatable bonds is 9. The molecule has 2 heterocycles. The first-order valence-electron chi connectivity index (χ1n) is 9.82. The Morgan fingerprint density at radius 3 is 2.52 bits per heavy atom. The van der Waals surface area contributed by atoms with Crippen LogP contribution in [0.1, 0.15) is 24.0 Å². The van der Waals surface area contributed by atoms with E-state index < -0.39 is 0 Å². The summed E-state index contributed by atoms with van der Waals surface area (Å²) in [5.74, 6) is 0.220. The van der Waals surface area contributed by atoms with Crippen molar-refractivity contribution < 1.29 is 9.53 Å². The van der Waals surface area contributed by atoms with Gasteiger partial charge < -0.3 is 9.64 Å². The number of pyridine rings is 1. The van der Waals surface area contributed by atoms with E-state index in [9.17, 15) is 4.79 Å². The van der Waals surface area contributed by atoms with Crippen molar-refractivity contribution in [2.75, 3.05) is 39.4 Å². The molecule has 0 bridgehead atoms. The Hall–Kier alpha value is -2.24. The second-order valence-electron chi connectivity index (χ2n) is 6.96. The van der Waals surface area contributed by atoms with Gasteiger partial charge in [-0.2, -0.15) is 0 Å². The molecule has 2 aromatic rings. The minimum absolute atomic E-state index is 0.220. The summed E-state index contributed by atoms with van der Waals surface area (Å²) in [5.41, 5.74) is 2.34. The predicted molar refractivity (Wildman–Crippen MR) is 106 cm³/mol. The smallest absolute Gasteiger partial charge is 0.223 e. The van der Waals surface area contributed by atoms with Crippen LogP contribution in [0, 0.1) is 0 Å². The molecule has 5 heteroatoms. The molecule has 5 nitrogen and oxygen atoms in total. The second-order valence-corrected chi connectivity index (χ2v) is 6.96. The van der Waals surface area contributed by atoms with Gasteiger partial charge in [0.1, 0.15) is 0 Å². The summed E-state index contributed by atoms with van der Waals surface area (Å²) < 4.78 is 5.41. The Bertz CT molecular complexity index is 672. The van der Waals surface area contributed by atoms with Crippen LogP contribution in [0.5, 0.6) is 0 Å². The fourth-order valence-corrected chi connectivity index (χ4v) is 3.36. The highest BCUT2D eigenvalue weighted by atomic mass is 16.5. The van der Waals surface area contributed by atoms with E-state index in [0.717, 1.165) is 57.8 Å². The average Bonchev–Trinajstić information content (AvgIpc) is 2.73. The Balaban J connectivity index is 1.53. The van der Waals surface area contributed by atoms with Gasteiger partial charge >= 0.3 is 0 Å². The number of hydrogen-bond donors (Lipinski definition) is 0. The second kappa shape index (κ2) is 10.8. The van der Waals surface area contributed by atoms with Crippen LogP contribution in [0.2, 0.25) is 0 Å². The number of benzene rings is 1. The molecule has 0 N–H and O–H groups in total. The molecule has 1 aliphatic rings. The Kier molecular flexibility index (Phi) is 7.81. The van der Waals surface area contributed by atoms with Crippen molar-refractivity contribution >= 4 is 5.91 Å². The van der Waals surface area contributed by atoms with E-state index in [-0.39, 0.29) is 5.91 Å². The van der Waals surface area contributed by atoms with E-state index in [0.29, 0.717) is 13.0 Å². The Labute approximate surface area is 162 Å². The van der Waals surface area contributed by atoms with E-state index >= 15 is 0 Å². The predicted octanol–water partition coefficient (Wildman–Crippen LogP) is 2.77. The summed E-state index contributed by atoms with van der Waals surface area (Å²) in [6.45, 7) is 6.07. The third kappa shape index (κ3) is 6.77. The number of amides is 1. The summed E-state index contributed by atoms with van der Waals surface area (Å²) in [5, 5.41) is 0. The highest BCUT2D eigenvalue weighted by molar-refractivity contribution is 5.76. The molecule has 1 amide bonds. The average molecular weight is 367 g/mol. The first-order valence-corrected chi connectivity index (χ1v) is 9.82. The Morgan fingerprint density at radius 2 is 1.78 bits per heavy atom. The molecule has 1 saturated heterocycles. The van der Waals surface area contributed by atoms with Crippen LogP contribution in [-0.2, 0) is 22.5 Å². The lowest BCUT2D eigenvalue weighted by Crippen LogP contribution is -2.39. The van der Waals surface area contributed by atoms with Gasteiger partial charge in [0, 0.05) is 51.5 Å². The highest BCUT2D eigenvalue weighted by Gasteiger charge is 2.16. The fourth-order valence-electron chi connectivity index (χ4n) is 3.36. The van der Waals surface area contributed by atoms with Crippen LogP contribution in [0.15, 0.2) is 54.9 Å². The maximum absolute atomic E-state index is 12.9. The Morgan fingerprint density at radius 1 is 1.04 bits per heavy atom. The van der Waals surface area contributed by atoms with Crippen LogP contribution < -0.4 is 0 Å². The van der Waals surface area contributed by atoms with Crippen molar-refractivity contribution in [2.45, 2.75) is 25.8 Å². The normalized spacial score (nSPS) is 14.8. The molecule has 0 radical (unpaired) electrons. The topological polar surface area (TPSA) is 45.7 Å². The lowest BCUT2D eigenvalue weighted by atomic mass is 10.1. The largest absolute Gasteiger partial charge is 0.379 e. The minimum atomic E-state index is 0.220. The van der Waals surface area contributed by atoms with Crippen LogP contribution in [0.3, 0.4) is 0 Å². The quantitative estimate of drug-likeness (QED) is 0.684. The van der Waals surface area contributed by atoms with Gasteiger partial charge in [0.05, 0.1) is 13.2 Å². The van der Waals surface area contributed by atoms with E-state index in [1.807, 2.05) is 35.2 Å². The molecule has 1 aromatic carbocycles. The first kappa shape index (κ1) is 19.5. The number of morpholine rings is 1. The van der Waals surface area contributed by atoms with E-state index in [2.05, 4.69) is 22.0 Å². The number of aromatic nitrogens is 1. The third-order valence-electron chi connectivity index (χ3n) is 4.95. The third-order valence-corrected chi connectivity index (χ3v) is 4.95. The zero-order valence-corrected chi connectivity index (χ0v) is 15.9. The van der Waals surface area contributed by atoms with Crippen LogP contribution in [0.25, 0.3) is 0 Å². The van der Waals surface area contributed by atoms with Gasteiger partial charge in [0.25, 0.3) is 0 Å². The van der Waals surface area contributed by atoms with Gasteiger partial charge in [-0.15, -0.1) is 0 Å². The van der Waals surface area contributed by atoms with Crippen molar-refractivity contribution in [1.82, 2.24) is 14.8 Å². The molecule has 0 spiro atoms. The van der Waals surface area contributed by atoms with Crippen LogP contribution in [0.4, 0.5) is 0 Å². The molecule has 144 valence electrons. The van der Waals surface area contributed by atoms with E-state index in [4.69, 9.17) is 4.74 Å².